The second kappa shape index (κ2) is 5.31. The van der Waals surface area contributed by atoms with Crippen molar-refractivity contribution < 1.29 is 14.6 Å². The van der Waals surface area contributed by atoms with Crippen molar-refractivity contribution in [1.82, 2.24) is 0 Å². The molecule has 0 bridgehead atoms. The Kier molecular flexibility index (Phi) is 3.77. The van der Waals surface area contributed by atoms with Crippen molar-refractivity contribution in [2.24, 2.45) is 0 Å². The molecule has 0 aliphatic rings. The molecule has 0 heterocycles. The minimum Gasteiger partial charge on any atom is -0.508 e. The van der Waals surface area contributed by atoms with Gasteiger partial charge in [-0.3, -0.25) is 0 Å². The fourth-order valence-corrected chi connectivity index (χ4v) is 2.24. The van der Waals surface area contributed by atoms with Crippen LogP contribution in [0.1, 0.15) is 0 Å². The smallest absolute Gasteiger partial charge is 0.161 e. The average molecular weight is 309 g/mol. The van der Waals surface area contributed by atoms with Gasteiger partial charge in [0.1, 0.15) is 5.75 Å². The van der Waals surface area contributed by atoms with E-state index in [1.807, 2.05) is 24.3 Å². The molecule has 4 heteroatoms. The van der Waals surface area contributed by atoms with Crippen LogP contribution < -0.4 is 9.47 Å². The first-order valence-electron chi connectivity index (χ1n) is 5.36. The number of methoxy groups -OCH3 is 2. The van der Waals surface area contributed by atoms with Crippen molar-refractivity contribution in [2.75, 3.05) is 14.2 Å². The van der Waals surface area contributed by atoms with Gasteiger partial charge >= 0.3 is 0 Å². The largest absolute Gasteiger partial charge is 0.508 e. The molecule has 0 aromatic heterocycles. The summed E-state index contributed by atoms with van der Waals surface area (Å²) < 4.78 is 11.3. The standard InChI is InChI=1S/C14H13BrO3/c1-17-13-4-3-9(7-14(13)18-2)10-5-11(15)8-12(16)6-10/h3-8,16H,1-2H3. The highest BCUT2D eigenvalue weighted by Gasteiger charge is 2.07. The molecule has 2 aromatic rings. The second-order valence-corrected chi connectivity index (χ2v) is 4.68. The van der Waals surface area contributed by atoms with Crippen LogP contribution in [0, 0.1) is 0 Å². The highest BCUT2D eigenvalue weighted by atomic mass is 79.9. The molecule has 0 saturated heterocycles. The monoisotopic (exact) mass is 308 g/mol. The highest BCUT2D eigenvalue weighted by molar-refractivity contribution is 9.10. The Labute approximate surface area is 114 Å². The summed E-state index contributed by atoms with van der Waals surface area (Å²) in [6.45, 7) is 0. The summed E-state index contributed by atoms with van der Waals surface area (Å²) in [5, 5.41) is 9.60. The average Bonchev–Trinajstić information content (AvgIpc) is 2.36. The normalized spacial score (nSPS) is 10.2. The summed E-state index contributed by atoms with van der Waals surface area (Å²) >= 11 is 3.36. The molecule has 0 unspecified atom stereocenters. The number of ether oxygens (including phenoxy) is 2. The quantitative estimate of drug-likeness (QED) is 0.936. The summed E-state index contributed by atoms with van der Waals surface area (Å²) in [5.74, 6) is 1.56. The molecule has 0 saturated carbocycles. The van der Waals surface area contributed by atoms with Gasteiger partial charge in [0.05, 0.1) is 14.2 Å². The van der Waals surface area contributed by atoms with Gasteiger partial charge < -0.3 is 14.6 Å². The lowest BCUT2D eigenvalue weighted by Gasteiger charge is -2.10. The van der Waals surface area contributed by atoms with E-state index in [1.165, 1.54) is 0 Å². The summed E-state index contributed by atoms with van der Waals surface area (Å²) in [5.41, 5.74) is 1.85. The topological polar surface area (TPSA) is 38.7 Å². The van der Waals surface area contributed by atoms with Crippen LogP contribution in [0.4, 0.5) is 0 Å². The number of hydrogen-bond donors (Lipinski definition) is 1. The summed E-state index contributed by atoms with van der Waals surface area (Å²) in [7, 11) is 3.20. The van der Waals surface area contributed by atoms with Gasteiger partial charge in [-0.2, -0.15) is 0 Å². The first-order valence-corrected chi connectivity index (χ1v) is 6.15. The minimum atomic E-state index is 0.217. The third-order valence-electron chi connectivity index (χ3n) is 2.60. The van der Waals surface area contributed by atoms with E-state index in [1.54, 1.807) is 26.4 Å². The number of hydrogen-bond acceptors (Lipinski definition) is 3. The zero-order valence-electron chi connectivity index (χ0n) is 10.1. The maximum Gasteiger partial charge on any atom is 0.161 e. The van der Waals surface area contributed by atoms with Crippen LogP contribution in [-0.4, -0.2) is 19.3 Å². The molecule has 0 atom stereocenters. The van der Waals surface area contributed by atoms with Gasteiger partial charge in [0.2, 0.25) is 0 Å². The van der Waals surface area contributed by atoms with Crippen molar-refractivity contribution in [3.05, 3.63) is 40.9 Å². The third kappa shape index (κ3) is 2.59. The van der Waals surface area contributed by atoms with Crippen molar-refractivity contribution in [3.63, 3.8) is 0 Å². The maximum absolute atomic E-state index is 9.60. The molecule has 3 nitrogen and oxygen atoms in total. The number of halogens is 1. The number of rotatable bonds is 3. The molecule has 94 valence electrons. The Morgan fingerprint density at radius 2 is 1.61 bits per heavy atom. The lowest BCUT2D eigenvalue weighted by Crippen LogP contribution is -1.90. The van der Waals surface area contributed by atoms with Gasteiger partial charge in [0.15, 0.2) is 11.5 Å². The van der Waals surface area contributed by atoms with Gasteiger partial charge in [0.25, 0.3) is 0 Å². The number of benzene rings is 2. The summed E-state index contributed by atoms with van der Waals surface area (Å²) in [6.07, 6.45) is 0. The van der Waals surface area contributed by atoms with Crippen LogP contribution in [0.5, 0.6) is 17.2 Å². The number of phenols is 1. The first kappa shape index (κ1) is 12.8. The molecule has 0 radical (unpaired) electrons. The molecule has 0 fully saturated rings. The summed E-state index contributed by atoms with van der Waals surface area (Å²) in [4.78, 5) is 0. The zero-order valence-corrected chi connectivity index (χ0v) is 11.7. The number of aromatic hydroxyl groups is 1. The molecule has 0 aliphatic carbocycles. The van der Waals surface area contributed by atoms with E-state index in [4.69, 9.17) is 9.47 Å². The summed E-state index contributed by atoms with van der Waals surface area (Å²) in [6, 6.07) is 10.9. The fraction of sp³-hybridized carbons (Fsp3) is 0.143. The molecule has 2 aromatic carbocycles. The van der Waals surface area contributed by atoms with E-state index in [0.717, 1.165) is 15.6 Å². The van der Waals surface area contributed by atoms with Crippen molar-refractivity contribution in [2.45, 2.75) is 0 Å². The Bertz CT molecular complexity index is 547. The fourth-order valence-electron chi connectivity index (χ4n) is 1.76. The van der Waals surface area contributed by atoms with Gasteiger partial charge in [-0.15, -0.1) is 0 Å². The van der Waals surface area contributed by atoms with E-state index >= 15 is 0 Å². The zero-order chi connectivity index (χ0) is 13.1. The SMILES string of the molecule is COc1ccc(-c2cc(O)cc(Br)c2)cc1OC. The van der Waals surface area contributed by atoms with Crippen molar-refractivity contribution in [1.29, 1.82) is 0 Å². The van der Waals surface area contributed by atoms with E-state index in [2.05, 4.69) is 15.9 Å². The predicted molar refractivity (Wildman–Crippen MR) is 74.3 cm³/mol. The van der Waals surface area contributed by atoms with Crippen molar-refractivity contribution >= 4 is 15.9 Å². The number of phenolic OH excluding ortho intramolecular Hbond substituents is 1. The van der Waals surface area contributed by atoms with Crippen LogP contribution in [-0.2, 0) is 0 Å². The molecule has 1 N–H and O–H groups in total. The van der Waals surface area contributed by atoms with E-state index in [0.29, 0.717) is 11.5 Å². The van der Waals surface area contributed by atoms with Crippen LogP contribution in [0.2, 0.25) is 0 Å². The molecule has 0 spiro atoms. The molecule has 2 rings (SSSR count). The Hall–Kier alpha value is -1.68. The lowest BCUT2D eigenvalue weighted by atomic mass is 10.0. The van der Waals surface area contributed by atoms with Crippen LogP contribution in [0.3, 0.4) is 0 Å². The van der Waals surface area contributed by atoms with Crippen molar-refractivity contribution in [3.8, 4) is 28.4 Å². The lowest BCUT2D eigenvalue weighted by molar-refractivity contribution is 0.355. The van der Waals surface area contributed by atoms with Gasteiger partial charge in [-0.25, -0.2) is 0 Å². The maximum atomic E-state index is 9.60. The van der Waals surface area contributed by atoms with Crippen LogP contribution >= 0.6 is 15.9 Å². The van der Waals surface area contributed by atoms with E-state index in [-0.39, 0.29) is 5.75 Å². The van der Waals surface area contributed by atoms with Gasteiger partial charge in [-0.05, 0) is 41.5 Å². The molecular formula is C14H13BrO3. The predicted octanol–water partition coefficient (Wildman–Crippen LogP) is 3.84. The molecule has 18 heavy (non-hydrogen) atoms. The highest BCUT2D eigenvalue weighted by Crippen LogP contribution is 2.34. The van der Waals surface area contributed by atoms with E-state index in [9.17, 15) is 5.11 Å². The first-order chi connectivity index (χ1) is 8.63. The second-order valence-electron chi connectivity index (χ2n) is 3.77. The minimum absolute atomic E-state index is 0.217. The Balaban J connectivity index is 2.50. The third-order valence-corrected chi connectivity index (χ3v) is 3.06. The van der Waals surface area contributed by atoms with E-state index < -0.39 is 0 Å². The Morgan fingerprint density at radius 1 is 0.889 bits per heavy atom. The molecular weight excluding hydrogens is 296 g/mol. The van der Waals surface area contributed by atoms with Crippen LogP contribution in [0.25, 0.3) is 11.1 Å². The molecule has 0 aliphatic heterocycles. The van der Waals surface area contributed by atoms with Crippen LogP contribution in [0.15, 0.2) is 40.9 Å². The molecule has 0 amide bonds. The van der Waals surface area contributed by atoms with Gasteiger partial charge in [-0.1, -0.05) is 22.0 Å². The van der Waals surface area contributed by atoms with Gasteiger partial charge in [0, 0.05) is 4.47 Å². The Morgan fingerprint density at radius 3 is 2.22 bits per heavy atom.